The fraction of sp³-hybridized carbons (Fsp3) is 0.400. The SMILES string of the molecule is COc1ccc([Si](C)(C)[C@H]2[C@H](CCO)O[C@@]3(C(=O)N(Cc4ccc(N5C(=O)CC5OC(C)=O)cc4)c4ccc([N+](=O)[O-])cc43)[C@@H]2C)cc1. The molecule has 2 amide bonds. The van der Waals surface area contributed by atoms with Crippen LogP contribution in [-0.2, 0) is 36.0 Å². The minimum atomic E-state index is -2.42. The molecule has 5 atom stereocenters. The van der Waals surface area contributed by atoms with Crippen molar-refractivity contribution in [2.24, 2.45) is 5.92 Å². The zero-order valence-corrected chi connectivity index (χ0v) is 28.5. The second-order valence-electron chi connectivity index (χ2n) is 13.2. The number of fused-ring (bicyclic) bond motifs is 2. The Morgan fingerprint density at radius 1 is 1.10 bits per heavy atom. The van der Waals surface area contributed by atoms with Crippen LogP contribution in [-0.4, -0.2) is 61.9 Å². The first-order valence-electron chi connectivity index (χ1n) is 16.0. The molecule has 12 nitrogen and oxygen atoms in total. The molecule has 252 valence electrons. The predicted octanol–water partition coefficient (Wildman–Crippen LogP) is 4.37. The van der Waals surface area contributed by atoms with E-state index in [1.54, 1.807) is 42.3 Å². The zero-order valence-electron chi connectivity index (χ0n) is 27.5. The largest absolute Gasteiger partial charge is 0.497 e. The van der Waals surface area contributed by atoms with E-state index in [1.165, 1.54) is 24.0 Å². The van der Waals surface area contributed by atoms with Crippen molar-refractivity contribution in [3.8, 4) is 5.75 Å². The van der Waals surface area contributed by atoms with Crippen LogP contribution < -0.4 is 19.7 Å². The van der Waals surface area contributed by atoms with Gasteiger partial charge in [-0.2, -0.15) is 0 Å². The second-order valence-corrected chi connectivity index (χ2v) is 17.9. The lowest BCUT2D eigenvalue weighted by atomic mass is 9.82. The van der Waals surface area contributed by atoms with Crippen molar-refractivity contribution >= 4 is 48.1 Å². The summed E-state index contributed by atoms with van der Waals surface area (Å²) in [6.45, 7) is 7.75. The molecule has 48 heavy (non-hydrogen) atoms. The van der Waals surface area contributed by atoms with Gasteiger partial charge >= 0.3 is 5.97 Å². The summed E-state index contributed by atoms with van der Waals surface area (Å²) < 4.78 is 17.5. The lowest BCUT2D eigenvalue weighted by Crippen LogP contribution is -2.54. The Hall–Kier alpha value is -4.59. The molecule has 0 radical (unpaired) electrons. The lowest BCUT2D eigenvalue weighted by molar-refractivity contribution is -0.385. The minimum Gasteiger partial charge on any atom is -0.497 e. The molecule has 3 aliphatic rings. The van der Waals surface area contributed by atoms with Gasteiger partial charge in [-0.3, -0.25) is 29.4 Å². The summed E-state index contributed by atoms with van der Waals surface area (Å²) in [7, 11) is -0.805. The molecule has 0 aliphatic carbocycles. The number of carbonyl (C=O) groups excluding carboxylic acids is 3. The molecule has 0 bridgehead atoms. The fourth-order valence-electron chi connectivity index (χ4n) is 7.90. The van der Waals surface area contributed by atoms with E-state index in [2.05, 4.69) is 13.1 Å². The van der Waals surface area contributed by atoms with E-state index in [4.69, 9.17) is 14.2 Å². The van der Waals surface area contributed by atoms with Crippen LogP contribution in [0.25, 0.3) is 0 Å². The van der Waals surface area contributed by atoms with E-state index in [1.807, 2.05) is 31.2 Å². The van der Waals surface area contributed by atoms with Crippen molar-refractivity contribution in [1.82, 2.24) is 0 Å². The van der Waals surface area contributed by atoms with Crippen molar-refractivity contribution < 1.29 is 38.6 Å². The van der Waals surface area contributed by atoms with Crippen molar-refractivity contribution in [2.45, 2.75) is 69.8 Å². The molecule has 1 unspecified atom stereocenters. The summed E-state index contributed by atoms with van der Waals surface area (Å²) in [4.78, 5) is 53.1. The van der Waals surface area contributed by atoms with Gasteiger partial charge in [-0.15, -0.1) is 0 Å². The third-order valence-electron chi connectivity index (χ3n) is 10.2. The van der Waals surface area contributed by atoms with Gasteiger partial charge in [-0.1, -0.05) is 49.5 Å². The Kier molecular flexibility index (Phi) is 8.64. The highest BCUT2D eigenvalue weighted by Gasteiger charge is 2.66. The molecule has 3 aliphatic heterocycles. The number of nitro benzene ring substituents is 1. The number of carbonyl (C=O) groups is 3. The summed E-state index contributed by atoms with van der Waals surface area (Å²) in [5, 5.41) is 23.2. The number of β-lactam (4-membered cyclic amide) rings is 1. The number of rotatable bonds is 10. The molecule has 3 heterocycles. The molecule has 6 rings (SSSR count). The summed E-state index contributed by atoms with van der Waals surface area (Å²) in [5.74, 6) is -0.598. The number of ether oxygens (including phenoxy) is 3. The fourth-order valence-corrected chi connectivity index (χ4v) is 12.0. The lowest BCUT2D eigenvalue weighted by Gasteiger charge is -2.39. The second kappa shape index (κ2) is 12.5. The third kappa shape index (κ3) is 5.35. The number of aliphatic hydroxyl groups is 1. The van der Waals surface area contributed by atoms with Gasteiger partial charge in [0.25, 0.3) is 11.6 Å². The van der Waals surface area contributed by atoms with Gasteiger partial charge in [-0.25, -0.2) is 0 Å². The maximum absolute atomic E-state index is 14.8. The smallest absolute Gasteiger partial charge is 0.304 e. The number of non-ortho nitro benzene ring substituents is 1. The highest BCUT2D eigenvalue weighted by atomic mass is 28.3. The topological polar surface area (TPSA) is 149 Å². The molecule has 3 aromatic rings. The van der Waals surface area contributed by atoms with Gasteiger partial charge in [0.05, 0.1) is 44.9 Å². The van der Waals surface area contributed by atoms with Crippen molar-refractivity contribution in [2.75, 3.05) is 23.5 Å². The van der Waals surface area contributed by atoms with Crippen LogP contribution in [0.3, 0.4) is 0 Å². The van der Waals surface area contributed by atoms with Crippen LogP contribution >= 0.6 is 0 Å². The number of aliphatic hydroxyl groups excluding tert-OH is 1. The average Bonchev–Trinajstić information content (AvgIpc) is 3.47. The molecule has 0 saturated carbocycles. The molecular weight excluding hydrogens is 634 g/mol. The van der Waals surface area contributed by atoms with E-state index < -0.39 is 36.9 Å². The highest BCUT2D eigenvalue weighted by Crippen LogP contribution is 2.60. The third-order valence-corrected chi connectivity index (χ3v) is 14.6. The molecule has 1 N–H and O–H groups in total. The summed E-state index contributed by atoms with van der Waals surface area (Å²) in [6, 6.07) is 19.5. The molecular formula is C35H39N3O9Si. The first kappa shape index (κ1) is 33.3. The van der Waals surface area contributed by atoms with E-state index in [0.29, 0.717) is 23.4 Å². The standard InChI is InChI=1S/C35H39N3O9Si/c1-21-33(48(4,5)27-13-11-26(45-3)12-14-27)30(16-17-39)47-35(21)28-18-25(38(43)44)10-15-29(28)36(34(35)42)20-23-6-8-24(9-7-23)37-31(41)19-32(37)46-22(2)40/h6-15,18,21,30,32-33,39H,16-17,19-20H2,1-5H3/t21-,30+,32?,33-,35+/m1/s1. The van der Waals surface area contributed by atoms with Gasteiger partial charge in [0.15, 0.2) is 11.8 Å². The molecule has 2 fully saturated rings. The predicted molar refractivity (Wildman–Crippen MR) is 180 cm³/mol. The first-order valence-corrected chi connectivity index (χ1v) is 19.0. The number of nitro groups is 1. The van der Waals surface area contributed by atoms with Crippen LogP contribution in [0.2, 0.25) is 18.6 Å². The number of methoxy groups -OCH3 is 1. The summed E-state index contributed by atoms with van der Waals surface area (Å²) in [5.41, 5.74) is 0.546. The monoisotopic (exact) mass is 673 g/mol. The van der Waals surface area contributed by atoms with Gasteiger partial charge in [0, 0.05) is 42.8 Å². The first-order chi connectivity index (χ1) is 22.8. The van der Waals surface area contributed by atoms with Gasteiger partial charge in [-0.05, 0) is 47.9 Å². The number of hydrogen-bond donors (Lipinski definition) is 1. The van der Waals surface area contributed by atoms with Crippen molar-refractivity contribution in [3.05, 3.63) is 88.0 Å². The Balaban J connectivity index is 1.37. The van der Waals surface area contributed by atoms with Gasteiger partial charge < -0.3 is 24.2 Å². The molecule has 3 aromatic carbocycles. The van der Waals surface area contributed by atoms with E-state index >= 15 is 0 Å². The molecule has 13 heteroatoms. The van der Waals surface area contributed by atoms with E-state index in [-0.39, 0.29) is 48.5 Å². The van der Waals surface area contributed by atoms with Crippen molar-refractivity contribution in [3.63, 3.8) is 0 Å². The van der Waals surface area contributed by atoms with E-state index in [9.17, 15) is 29.6 Å². The normalized spacial score (nSPS) is 24.9. The number of benzene rings is 3. The number of hydrogen-bond acceptors (Lipinski definition) is 9. The number of nitrogens with zero attached hydrogens (tertiary/aromatic N) is 3. The number of amides is 2. The maximum atomic E-state index is 14.8. The van der Waals surface area contributed by atoms with Crippen molar-refractivity contribution in [1.29, 1.82) is 0 Å². The Morgan fingerprint density at radius 2 is 1.79 bits per heavy atom. The average molecular weight is 674 g/mol. The number of anilines is 2. The summed E-state index contributed by atoms with van der Waals surface area (Å²) in [6.07, 6.45) is -0.701. The highest BCUT2D eigenvalue weighted by molar-refractivity contribution is 6.91. The van der Waals surface area contributed by atoms with Crippen LogP contribution in [0.5, 0.6) is 5.75 Å². The van der Waals surface area contributed by atoms with Gasteiger partial charge in [0.2, 0.25) is 5.91 Å². The Morgan fingerprint density at radius 3 is 2.38 bits per heavy atom. The Bertz CT molecular complexity index is 1760. The minimum absolute atomic E-state index is 0.114. The zero-order chi connectivity index (χ0) is 34.5. The maximum Gasteiger partial charge on any atom is 0.304 e. The Labute approximate surface area is 279 Å². The molecule has 0 aromatic heterocycles. The molecule has 2 saturated heterocycles. The van der Waals surface area contributed by atoms with E-state index in [0.717, 1.165) is 16.5 Å². The van der Waals surface area contributed by atoms with Crippen LogP contribution in [0.1, 0.15) is 37.8 Å². The summed E-state index contributed by atoms with van der Waals surface area (Å²) >= 11 is 0. The van der Waals surface area contributed by atoms with Crippen LogP contribution in [0, 0.1) is 16.0 Å². The van der Waals surface area contributed by atoms with Crippen LogP contribution in [0.15, 0.2) is 66.7 Å². The van der Waals surface area contributed by atoms with Crippen LogP contribution in [0.4, 0.5) is 17.1 Å². The number of esters is 1. The molecule has 1 spiro atoms. The van der Waals surface area contributed by atoms with Gasteiger partial charge in [0.1, 0.15) is 5.75 Å². The quantitative estimate of drug-likeness (QED) is 0.109.